The average molecular weight is 349 g/mol. The maximum Gasteiger partial charge on any atom is 0.220 e. The zero-order chi connectivity index (χ0) is 16.8. The van der Waals surface area contributed by atoms with Crippen molar-refractivity contribution >= 4 is 24.1 Å². The summed E-state index contributed by atoms with van der Waals surface area (Å²) in [6, 6.07) is 2.76. The molecule has 0 bridgehead atoms. The van der Waals surface area contributed by atoms with E-state index in [4.69, 9.17) is 5.73 Å². The van der Waals surface area contributed by atoms with Crippen molar-refractivity contribution in [2.75, 3.05) is 6.54 Å². The van der Waals surface area contributed by atoms with E-state index in [0.29, 0.717) is 25.5 Å². The summed E-state index contributed by atoms with van der Waals surface area (Å²) >= 11 is 0. The fourth-order valence-electron chi connectivity index (χ4n) is 2.20. The molecule has 0 fully saturated rings. The van der Waals surface area contributed by atoms with E-state index in [-0.39, 0.29) is 36.7 Å². The number of nitrogens with two attached hydrogens (primary N) is 1. The van der Waals surface area contributed by atoms with Gasteiger partial charge < -0.3 is 11.1 Å². The zero-order valence-electron chi connectivity index (χ0n) is 13.3. The molecule has 0 saturated heterocycles. The van der Waals surface area contributed by atoms with Crippen molar-refractivity contribution < 1.29 is 18.4 Å². The molecule has 1 rings (SSSR count). The van der Waals surface area contributed by atoms with E-state index in [1.54, 1.807) is 0 Å². The first-order valence-corrected chi connectivity index (χ1v) is 7.36. The van der Waals surface area contributed by atoms with Gasteiger partial charge in [0.2, 0.25) is 5.91 Å². The van der Waals surface area contributed by atoms with Crippen molar-refractivity contribution in [3.63, 3.8) is 0 Å². The van der Waals surface area contributed by atoms with Crippen LogP contribution in [0.15, 0.2) is 18.2 Å². The van der Waals surface area contributed by atoms with Crippen molar-refractivity contribution in [3.8, 4) is 0 Å². The molecule has 4 nitrogen and oxygen atoms in total. The molecule has 0 unspecified atom stereocenters. The molecular formula is C16H23ClF2N2O2. The van der Waals surface area contributed by atoms with Crippen LogP contribution in [-0.4, -0.2) is 23.8 Å². The summed E-state index contributed by atoms with van der Waals surface area (Å²) in [4.78, 5) is 23.8. The van der Waals surface area contributed by atoms with Crippen LogP contribution in [0.2, 0.25) is 0 Å². The minimum Gasteiger partial charge on any atom is -0.349 e. The smallest absolute Gasteiger partial charge is 0.220 e. The van der Waals surface area contributed by atoms with E-state index >= 15 is 0 Å². The number of hydrogen-bond acceptors (Lipinski definition) is 3. The largest absolute Gasteiger partial charge is 0.349 e. The number of ketones is 1. The van der Waals surface area contributed by atoms with Crippen LogP contribution in [0, 0.1) is 11.6 Å². The van der Waals surface area contributed by atoms with Crippen LogP contribution in [0.4, 0.5) is 8.78 Å². The standard InChI is InChI=1S/C16H22F2N2O2.ClH/c1-3-16(4-2,10-19)20-15(22)8-7-14(21)12-6-5-11(17)9-13(12)18;/h5-6,9H,3-4,7-8,10,19H2,1-2H3,(H,20,22);1H. The van der Waals surface area contributed by atoms with Crippen LogP contribution in [0.25, 0.3) is 0 Å². The summed E-state index contributed by atoms with van der Waals surface area (Å²) in [5, 5.41) is 2.84. The summed E-state index contributed by atoms with van der Waals surface area (Å²) in [6.45, 7) is 4.16. The summed E-state index contributed by atoms with van der Waals surface area (Å²) < 4.78 is 26.3. The number of amides is 1. The van der Waals surface area contributed by atoms with Crippen molar-refractivity contribution in [1.29, 1.82) is 0 Å². The molecule has 0 aliphatic rings. The van der Waals surface area contributed by atoms with Gasteiger partial charge >= 0.3 is 0 Å². The van der Waals surface area contributed by atoms with Gasteiger partial charge in [-0.15, -0.1) is 12.4 Å². The summed E-state index contributed by atoms with van der Waals surface area (Å²) in [6.07, 6.45) is 1.18. The van der Waals surface area contributed by atoms with Gasteiger partial charge in [-0.3, -0.25) is 9.59 Å². The van der Waals surface area contributed by atoms with E-state index in [2.05, 4.69) is 5.32 Å². The van der Waals surface area contributed by atoms with Crippen molar-refractivity contribution in [2.24, 2.45) is 5.73 Å². The van der Waals surface area contributed by atoms with Crippen LogP contribution >= 0.6 is 12.4 Å². The second-order valence-electron chi connectivity index (χ2n) is 5.29. The minimum atomic E-state index is -0.913. The topological polar surface area (TPSA) is 72.2 Å². The van der Waals surface area contributed by atoms with E-state index < -0.39 is 23.0 Å². The number of nitrogens with one attached hydrogen (secondary N) is 1. The van der Waals surface area contributed by atoms with Crippen LogP contribution in [0.1, 0.15) is 49.9 Å². The molecule has 3 N–H and O–H groups in total. The Hall–Kier alpha value is -1.53. The van der Waals surface area contributed by atoms with Gasteiger partial charge in [-0.25, -0.2) is 8.78 Å². The lowest BCUT2D eigenvalue weighted by molar-refractivity contribution is -0.123. The molecule has 1 aromatic rings. The number of hydrogen-bond donors (Lipinski definition) is 2. The zero-order valence-corrected chi connectivity index (χ0v) is 14.1. The molecule has 0 aliphatic carbocycles. The molecular weight excluding hydrogens is 326 g/mol. The second-order valence-corrected chi connectivity index (χ2v) is 5.29. The van der Waals surface area contributed by atoms with Gasteiger partial charge in [-0.1, -0.05) is 13.8 Å². The number of halogens is 3. The highest BCUT2D eigenvalue weighted by molar-refractivity contribution is 5.98. The quantitative estimate of drug-likeness (QED) is 0.709. The lowest BCUT2D eigenvalue weighted by Gasteiger charge is -2.31. The Morgan fingerprint density at radius 2 is 1.78 bits per heavy atom. The average Bonchev–Trinajstić information content (AvgIpc) is 2.50. The first kappa shape index (κ1) is 21.5. The van der Waals surface area contributed by atoms with Crippen molar-refractivity contribution in [2.45, 2.75) is 45.1 Å². The Morgan fingerprint density at radius 1 is 1.17 bits per heavy atom. The molecule has 0 atom stereocenters. The molecule has 0 heterocycles. The maximum absolute atomic E-state index is 13.5. The molecule has 130 valence electrons. The fourth-order valence-corrected chi connectivity index (χ4v) is 2.20. The highest BCUT2D eigenvalue weighted by Crippen LogP contribution is 2.15. The van der Waals surface area contributed by atoms with Gasteiger partial charge in [-0.05, 0) is 25.0 Å². The van der Waals surface area contributed by atoms with Gasteiger partial charge in [0.05, 0.1) is 11.1 Å². The lowest BCUT2D eigenvalue weighted by atomic mass is 9.92. The molecule has 0 aliphatic heterocycles. The van der Waals surface area contributed by atoms with Gasteiger partial charge in [0.1, 0.15) is 11.6 Å². The minimum absolute atomic E-state index is 0. The molecule has 0 aromatic heterocycles. The number of Topliss-reactive ketones (excluding diaryl/α,β-unsaturated/α-hetero) is 1. The first-order chi connectivity index (χ1) is 10.4. The Bertz CT molecular complexity index is 541. The Labute approximate surface area is 141 Å². The van der Waals surface area contributed by atoms with Crippen LogP contribution in [0.3, 0.4) is 0 Å². The molecule has 23 heavy (non-hydrogen) atoms. The van der Waals surface area contributed by atoms with Crippen LogP contribution < -0.4 is 11.1 Å². The third-order valence-electron chi connectivity index (χ3n) is 3.96. The number of rotatable bonds is 8. The van der Waals surface area contributed by atoms with Gasteiger partial charge in [0.15, 0.2) is 5.78 Å². The van der Waals surface area contributed by atoms with Gasteiger partial charge in [-0.2, -0.15) is 0 Å². The predicted molar refractivity (Wildman–Crippen MR) is 87.7 cm³/mol. The Balaban J connectivity index is 0.00000484. The van der Waals surface area contributed by atoms with Crippen LogP contribution in [0.5, 0.6) is 0 Å². The molecule has 1 aromatic carbocycles. The summed E-state index contributed by atoms with van der Waals surface area (Å²) in [5.41, 5.74) is 5.02. The maximum atomic E-state index is 13.5. The molecule has 0 saturated carbocycles. The molecule has 7 heteroatoms. The number of benzene rings is 1. The second kappa shape index (κ2) is 9.57. The van der Waals surface area contributed by atoms with Gasteiger partial charge in [0.25, 0.3) is 0 Å². The van der Waals surface area contributed by atoms with Crippen molar-refractivity contribution in [3.05, 3.63) is 35.4 Å². The molecule has 0 radical (unpaired) electrons. The molecule has 0 spiro atoms. The van der Waals surface area contributed by atoms with Gasteiger partial charge in [0, 0.05) is 25.5 Å². The number of carbonyl (C=O) groups is 2. The van der Waals surface area contributed by atoms with E-state index in [1.165, 1.54) is 0 Å². The van der Waals surface area contributed by atoms with Crippen LogP contribution in [-0.2, 0) is 4.79 Å². The van der Waals surface area contributed by atoms with E-state index in [9.17, 15) is 18.4 Å². The monoisotopic (exact) mass is 348 g/mol. The Morgan fingerprint density at radius 3 is 2.26 bits per heavy atom. The Kier molecular flexibility index (Phi) is 8.94. The first-order valence-electron chi connectivity index (χ1n) is 7.36. The predicted octanol–water partition coefficient (Wildman–Crippen LogP) is 2.98. The number of carbonyl (C=O) groups excluding carboxylic acids is 2. The third-order valence-corrected chi connectivity index (χ3v) is 3.96. The normalized spacial score (nSPS) is 10.8. The molecule has 1 amide bonds. The summed E-state index contributed by atoms with van der Waals surface area (Å²) in [5.74, 6) is -2.49. The van der Waals surface area contributed by atoms with E-state index in [0.717, 1.165) is 12.1 Å². The van der Waals surface area contributed by atoms with E-state index in [1.807, 2.05) is 13.8 Å². The third kappa shape index (κ3) is 5.88. The summed E-state index contributed by atoms with van der Waals surface area (Å²) in [7, 11) is 0. The SMILES string of the molecule is CCC(CC)(CN)NC(=O)CCC(=O)c1ccc(F)cc1F.Cl. The lowest BCUT2D eigenvalue weighted by Crippen LogP contribution is -2.52. The van der Waals surface area contributed by atoms with Crippen molar-refractivity contribution in [1.82, 2.24) is 5.32 Å². The highest BCUT2D eigenvalue weighted by Gasteiger charge is 2.26. The fraction of sp³-hybridized carbons (Fsp3) is 0.500. The highest BCUT2D eigenvalue weighted by atomic mass is 35.5.